The largest absolute Gasteiger partial charge is 0.346 e. The van der Waals surface area contributed by atoms with Crippen molar-refractivity contribution in [2.45, 2.75) is 36.1 Å². The van der Waals surface area contributed by atoms with E-state index in [-0.39, 0.29) is 17.3 Å². The van der Waals surface area contributed by atoms with Crippen molar-refractivity contribution >= 4 is 16.1 Å². The van der Waals surface area contributed by atoms with Gasteiger partial charge in [-0.2, -0.15) is 8.42 Å². The molecule has 1 amide bonds. The van der Waals surface area contributed by atoms with Gasteiger partial charge in [0.15, 0.2) is 0 Å². The van der Waals surface area contributed by atoms with Gasteiger partial charge < -0.3 is 5.32 Å². The molecule has 1 fully saturated rings. The zero-order chi connectivity index (χ0) is 18.1. The van der Waals surface area contributed by atoms with Crippen LogP contribution in [-0.4, -0.2) is 19.9 Å². The average Bonchev–Trinajstić information content (AvgIpc) is 2.52. The third kappa shape index (κ3) is 4.04. The van der Waals surface area contributed by atoms with Gasteiger partial charge in [0.05, 0.1) is 4.90 Å². The molecule has 1 aliphatic rings. The number of hydrogen-bond donors (Lipinski definition) is 1. The molecule has 2 aromatic carbocycles. The minimum atomic E-state index is -4.79. The summed E-state index contributed by atoms with van der Waals surface area (Å²) in [6.45, 7) is 0. The van der Waals surface area contributed by atoms with Gasteiger partial charge in [-0.1, -0.05) is 12.1 Å². The van der Waals surface area contributed by atoms with Crippen LogP contribution in [0.15, 0.2) is 53.4 Å². The van der Waals surface area contributed by atoms with Gasteiger partial charge in [0, 0.05) is 11.1 Å². The number of carbonyl (C=O) groups is 1. The molecule has 25 heavy (non-hydrogen) atoms. The molecular weight excluding hydrogens is 348 g/mol. The molecular formula is C18H17F2NO3S. The summed E-state index contributed by atoms with van der Waals surface area (Å²) in [6.07, 6.45) is 3.06. The zero-order valence-corrected chi connectivity index (χ0v) is 14.2. The summed E-state index contributed by atoms with van der Waals surface area (Å²) < 4.78 is 47.9. The normalized spacial score (nSPS) is 16.1. The predicted octanol–water partition coefficient (Wildman–Crippen LogP) is 3.38. The number of rotatable bonds is 5. The second-order valence-electron chi connectivity index (χ2n) is 6.36. The van der Waals surface area contributed by atoms with Crippen molar-refractivity contribution < 1.29 is 21.5 Å². The lowest BCUT2D eigenvalue weighted by molar-refractivity contribution is 0.0826. The van der Waals surface area contributed by atoms with E-state index in [9.17, 15) is 21.5 Å². The van der Waals surface area contributed by atoms with Gasteiger partial charge in [0.25, 0.3) is 5.91 Å². The third-order valence-corrected chi connectivity index (χ3v) is 5.35. The van der Waals surface area contributed by atoms with Crippen LogP contribution in [0.4, 0.5) is 8.28 Å². The molecule has 0 heterocycles. The monoisotopic (exact) mass is 365 g/mol. The minimum Gasteiger partial charge on any atom is -0.346 e. The summed E-state index contributed by atoms with van der Waals surface area (Å²) in [7, 11) is -4.79. The lowest BCUT2D eigenvalue weighted by Gasteiger charge is -2.43. The number of halogens is 2. The van der Waals surface area contributed by atoms with E-state index in [0.717, 1.165) is 37.0 Å². The van der Waals surface area contributed by atoms with Crippen molar-refractivity contribution in [3.63, 3.8) is 0 Å². The Hall–Kier alpha value is -2.28. The van der Waals surface area contributed by atoms with Crippen LogP contribution in [0.1, 0.15) is 35.2 Å². The Kier molecular flexibility index (Phi) is 4.60. The van der Waals surface area contributed by atoms with Gasteiger partial charge in [0.1, 0.15) is 5.82 Å². The highest BCUT2D eigenvalue weighted by molar-refractivity contribution is 7.86. The Bertz CT molecular complexity index is 891. The van der Waals surface area contributed by atoms with Crippen LogP contribution >= 0.6 is 0 Å². The van der Waals surface area contributed by atoms with Crippen molar-refractivity contribution in [2.24, 2.45) is 0 Å². The van der Waals surface area contributed by atoms with Crippen LogP contribution in [0.3, 0.4) is 0 Å². The smallest absolute Gasteiger partial charge is 0.332 e. The van der Waals surface area contributed by atoms with Crippen LogP contribution in [0.5, 0.6) is 0 Å². The molecule has 0 aromatic heterocycles. The molecule has 0 atom stereocenters. The van der Waals surface area contributed by atoms with E-state index in [4.69, 9.17) is 0 Å². The number of amides is 1. The Balaban J connectivity index is 1.74. The van der Waals surface area contributed by atoms with Gasteiger partial charge in [0.2, 0.25) is 0 Å². The molecule has 0 aliphatic heterocycles. The Morgan fingerprint density at radius 1 is 1.12 bits per heavy atom. The lowest BCUT2D eigenvalue weighted by atomic mass is 9.72. The highest BCUT2D eigenvalue weighted by Crippen LogP contribution is 2.35. The topological polar surface area (TPSA) is 63.2 Å². The maximum Gasteiger partial charge on any atom is 0.332 e. The van der Waals surface area contributed by atoms with Gasteiger partial charge in [-0.3, -0.25) is 4.79 Å². The van der Waals surface area contributed by atoms with Gasteiger partial charge in [-0.25, -0.2) is 4.39 Å². The summed E-state index contributed by atoms with van der Waals surface area (Å²) in [4.78, 5) is 12.0. The maximum absolute atomic E-state index is 13.4. The Morgan fingerprint density at radius 2 is 1.80 bits per heavy atom. The molecule has 4 nitrogen and oxygen atoms in total. The van der Waals surface area contributed by atoms with Gasteiger partial charge in [-0.15, -0.1) is 3.89 Å². The van der Waals surface area contributed by atoms with Crippen molar-refractivity contribution in [3.05, 3.63) is 65.5 Å². The summed E-state index contributed by atoms with van der Waals surface area (Å²) in [5.41, 5.74) is 0.618. The summed E-state index contributed by atoms with van der Waals surface area (Å²) >= 11 is 0. The molecule has 0 unspecified atom stereocenters. The average molecular weight is 365 g/mol. The number of hydrogen-bond acceptors (Lipinski definition) is 3. The standard InChI is InChI=1S/C18H17F2NO3S/c19-15-4-1-3-13(11-15)12-18(9-2-10-18)21-17(22)14-5-7-16(8-6-14)25(20,23)24/h1,3-8,11H,2,9-10,12H2,(H,21,22). The molecule has 0 bridgehead atoms. The van der Waals surface area contributed by atoms with Gasteiger partial charge in [-0.05, 0) is 67.6 Å². The number of carbonyl (C=O) groups excluding carboxylic acids is 1. The van der Waals surface area contributed by atoms with Crippen LogP contribution < -0.4 is 5.32 Å². The maximum atomic E-state index is 13.4. The molecule has 1 aliphatic carbocycles. The van der Waals surface area contributed by atoms with Crippen molar-refractivity contribution in [2.75, 3.05) is 0 Å². The van der Waals surface area contributed by atoms with E-state index in [0.29, 0.717) is 6.42 Å². The molecule has 0 saturated heterocycles. The van der Waals surface area contributed by atoms with Crippen LogP contribution in [0.2, 0.25) is 0 Å². The SMILES string of the molecule is O=C(NC1(Cc2cccc(F)c2)CCC1)c1ccc(S(=O)(=O)F)cc1. The van der Waals surface area contributed by atoms with Gasteiger partial charge >= 0.3 is 10.2 Å². The Labute approximate surface area is 145 Å². The van der Waals surface area contributed by atoms with E-state index < -0.39 is 20.7 Å². The lowest BCUT2D eigenvalue weighted by Crippen LogP contribution is -2.55. The Morgan fingerprint density at radius 3 is 2.32 bits per heavy atom. The highest BCUT2D eigenvalue weighted by atomic mass is 32.3. The minimum absolute atomic E-state index is 0.248. The van der Waals surface area contributed by atoms with Crippen molar-refractivity contribution in [1.82, 2.24) is 5.32 Å². The van der Waals surface area contributed by atoms with E-state index in [1.54, 1.807) is 6.07 Å². The summed E-state index contributed by atoms with van der Waals surface area (Å²) in [6, 6.07) is 10.9. The highest BCUT2D eigenvalue weighted by Gasteiger charge is 2.38. The second kappa shape index (κ2) is 6.55. The second-order valence-corrected chi connectivity index (χ2v) is 7.70. The number of nitrogens with one attached hydrogen (secondary N) is 1. The fourth-order valence-electron chi connectivity index (χ4n) is 3.07. The molecule has 0 radical (unpaired) electrons. The quantitative estimate of drug-likeness (QED) is 0.826. The molecule has 0 spiro atoms. The molecule has 3 rings (SSSR count). The van der Waals surface area contributed by atoms with E-state index in [1.165, 1.54) is 24.3 Å². The molecule has 132 valence electrons. The first-order valence-corrected chi connectivity index (χ1v) is 9.28. The molecule has 1 N–H and O–H groups in total. The van der Waals surface area contributed by atoms with E-state index in [1.807, 2.05) is 6.07 Å². The fourth-order valence-corrected chi connectivity index (χ4v) is 3.53. The zero-order valence-electron chi connectivity index (χ0n) is 13.3. The van der Waals surface area contributed by atoms with E-state index in [2.05, 4.69) is 5.32 Å². The number of benzene rings is 2. The van der Waals surface area contributed by atoms with Crippen molar-refractivity contribution in [1.29, 1.82) is 0 Å². The fraction of sp³-hybridized carbons (Fsp3) is 0.278. The summed E-state index contributed by atoms with van der Waals surface area (Å²) in [5.74, 6) is -0.680. The third-order valence-electron chi connectivity index (χ3n) is 4.52. The molecule has 7 heteroatoms. The van der Waals surface area contributed by atoms with Crippen LogP contribution in [0, 0.1) is 5.82 Å². The first-order valence-electron chi connectivity index (χ1n) is 7.89. The van der Waals surface area contributed by atoms with Crippen LogP contribution in [-0.2, 0) is 16.6 Å². The van der Waals surface area contributed by atoms with Crippen molar-refractivity contribution in [3.8, 4) is 0 Å². The van der Waals surface area contributed by atoms with E-state index >= 15 is 0 Å². The molecule has 2 aromatic rings. The predicted molar refractivity (Wildman–Crippen MR) is 88.9 cm³/mol. The molecule has 1 saturated carbocycles. The first-order chi connectivity index (χ1) is 11.8. The van der Waals surface area contributed by atoms with Crippen LogP contribution in [0.25, 0.3) is 0 Å². The first kappa shape index (κ1) is 17.5. The summed E-state index contributed by atoms with van der Waals surface area (Å²) in [5, 5.41) is 2.97.